The van der Waals surface area contributed by atoms with Gasteiger partial charge < -0.3 is 4.74 Å². The molecule has 0 spiro atoms. The minimum Gasteiger partial charge on any atom is -0.406 e. The standard InChI is InChI=1S/C16H9F4N3O2/c17-14-7-10(1-2-11(14)8-24)15-21-9-23(22-15)12-3-5-13(6-4-12)25-16(18,19)20/h1-9H. The van der Waals surface area contributed by atoms with Crippen molar-refractivity contribution in [3.8, 4) is 22.8 Å². The number of hydrogen-bond acceptors (Lipinski definition) is 4. The van der Waals surface area contributed by atoms with Crippen LogP contribution < -0.4 is 4.74 Å². The van der Waals surface area contributed by atoms with Crippen molar-refractivity contribution >= 4 is 6.29 Å². The van der Waals surface area contributed by atoms with Crippen LogP contribution in [0.25, 0.3) is 17.1 Å². The number of aldehydes is 1. The van der Waals surface area contributed by atoms with E-state index in [0.29, 0.717) is 17.5 Å². The van der Waals surface area contributed by atoms with Gasteiger partial charge in [0.1, 0.15) is 17.9 Å². The molecule has 0 aliphatic carbocycles. The summed E-state index contributed by atoms with van der Waals surface area (Å²) in [7, 11) is 0. The van der Waals surface area contributed by atoms with Crippen LogP contribution in [0.2, 0.25) is 0 Å². The van der Waals surface area contributed by atoms with Crippen LogP contribution >= 0.6 is 0 Å². The molecule has 0 fully saturated rings. The zero-order chi connectivity index (χ0) is 18.0. The van der Waals surface area contributed by atoms with Gasteiger partial charge in [-0.25, -0.2) is 14.1 Å². The van der Waals surface area contributed by atoms with Crippen molar-refractivity contribution < 1.29 is 27.1 Å². The monoisotopic (exact) mass is 351 g/mol. The van der Waals surface area contributed by atoms with E-state index < -0.39 is 12.2 Å². The van der Waals surface area contributed by atoms with Gasteiger partial charge in [-0.05, 0) is 36.4 Å². The number of benzene rings is 2. The highest BCUT2D eigenvalue weighted by Crippen LogP contribution is 2.24. The van der Waals surface area contributed by atoms with E-state index >= 15 is 0 Å². The smallest absolute Gasteiger partial charge is 0.406 e. The van der Waals surface area contributed by atoms with Crippen molar-refractivity contribution in [3.63, 3.8) is 0 Å². The summed E-state index contributed by atoms with van der Waals surface area (Å²) < 4.78 is 55.2. The third-order valence-corrected chi connectivity index (χ3v) is 3.21. The first kappa shape index (κ1) is 16.6. The fourth-order valence-electron chi connectivity index (χ4n) is 2.08. The highest BCUT2D eigenvalue weighted by Gasteiger charge is 2.30. The average Bonchev–Trinajstić information content (AvgIpc) is 3.04. The Bertz CT molecular complexity index is 904. The average molecular weight is 351 g/mol. The van der Waals surface area contributed by atoms with E-state index in [1.54, 1.807) is 0 Å². The molecule has 9 heteroatoms. The maximum absolute atomic E-state index is 13.6. The molecule has 0 unspecified atom stereocenters. The molecule has 128 valence electrons. The lowest BCUT2D eigenvalue weighted by Crippen LogP contribution is -2.17. The SMILES string of the molecule is O=Cc1ccc(-c2ncn(-c3ccc(OC(F)(F)F)cc3)n2)cc1F. The van der Waals surface area contributed by atoms with Crippen molar-refractivity contribution in [3.05, 3.63) is 60.2 Å². The lowest BCUT2D eigenvalue weighted by molar-refractivity contribution is -0.274. The van der Waals surface area contributed by atoms with E-state index in [4.69, 9.17) is 0 Å². The third-order valence-electron chi connectivity index (χ3n) is 3.21. The molecular formula is C16H9F4N3O2. The number of ether oxygens (including phenoxy) is 1. The molecule has 0 aliphatic rings. The second kappa shape index (κ2) is 6.34. The van der Waals surface area contributed by atoms with Crippen LogP contribution in [-0.2, 0) is 0 Å². The first-order valence-electron chi connectivity index (χ1n) is 6.89. The predicted octanol–water partition coefficient (Wildman–Crippen LogP) is 3.78. The molecule has 0 aliphatic heterocycles. The summed E-state index contributed by atoms with van der Waals surface area (Å²) in [5.41, 5.74) is 0.723. The molecule has 0 atom stereocenters. The minimum absolute atomic E-state index is 0.0802. The maximum Gasteiger partial charge on any atom is 0.573 e. The van der Waals surface area contributed by atoms with Crippen LogP contribution in [0, 0.1) is 5.82 Å². The highest BCUT2D eigenvalue weighted by atomic mass is 19.4. The molecule has 5 nitrogen and oxygen atoms in total. The Morgan fingerprint density at radius 2 is 1.80 bits per heavy atom. The van der Waals surface area contributed by atoms with Gasteiger partial charge in [-0.2, -0.15) is 0 Å². The number of carbonyl (C=O) groups is 1. The molecule has 0 bridgehead atoms. The first-order valence-corrected chi connectivity index (χ1v) is 6.89. The van der Waals surface area contributed by atoms with Crippen LogP contribution in [0.15, 0.2) is 48.8 Å². The zero-order valence-corrected chi connectivity index (χ0v) is 12.4. The van der Waals surface area contributed by atoms with Gasteiger partial charge in [-0.1, -0.05) is 6.07 Å². The number of hydrogen-bond donors (Lipinski definition) is 0. The molecule has 0 saturated heterocycles. The summed E-state index contributed by atoms with van der Waals surface area (Å²) in [5, 5.41) is 4.14. The molecule has 25 heavy (non-hydrogen) atoms. The van der Waals surface area contributed by atoms with Crippen molar-refractivity contribution in [1.29, 1.82) is 0 Å². The van der Waals surface area contributed by atoms with Gasteiger partial charge in [0.2, 0.25) is 0 Å². The lowest BCUT2D eigenvalue weighted by atomic mass is 10.1. The summed E-state index contributed by atoms with van der Waals surface area (Å²) in [4.78, 5) is 14.6. The van der Waals surface area contributed by atoms with E-state index in [2.05, 4.69) is 14.8 Å². The fraction of sp³-hybridized carbons (Fsp3) is 0.0625. The van der Waals surface area contributed by atoms with Crippen LogP contribution in [0.5, 0.6) is 5.75 Å². The Kier molecular flexibility index (Phi) is 4.22. The summed E-state index contributed by atoms with van der Waals surface area (Å²) in [6, 6.07) is 8.95. The lowest BCUT2D eigenvalue weighted by Gasteiger charge is -2.09. The Morgan fingerprint density at radius 1 is 1.08 bits per heavy atom. The maximum atomic E-state index is 13.6. The molecule has 3 aromatic rings. The van der Waals surface area contributed by atoms with E-state index in [1.807, 2.05) is 0 Å². The molecule has 1 aromatic heterocycles. The van der Waals surface area contributed by atoms with E-state index in [9.17, 15) is 22.4 Å². The van der Waals surface area contributed by atoms with Crippen LogP contribution in [0.1, 0.15) is 10.4 Å². The normalized spacial score (nSPS) is 11.4. The van der Waals surface area contributed by atoms with Crippen molar-refractivity contribution in [2.45, 2.75) is 6.36 Å². The molecule has 0 amide bonds. The first-order chi connectivity index (χ1) is 11.9. The van der Waals surface area contributed by atoms with Crippen molar-refractivity contribution in [2.75, 3.05) is 0 Å². The van der Waals surface area contributed by atoms with Crippen LogP contribution in [0.3, 0.4) is 0 Å². The van der Waals surface area contributed by atoms with Gasteiger partial charge in [0, 0.05) is 5.56 Å². The van der Waals surface area contributed by atoms with Crippen molar-refractivity contribution in [2.24, 2.45) is 0 Å². The predicted molar refractivity (Wildman–Crippen MR) is 78.8 cm³/mol. The molecule has 0 radical (unpaired) electrons. The Labute approximate surface area is 138 Å². The summed E-state index contributed by atoms with van der Waals surface area (Å²) >= 11 is 0. The number of nitrogens with zero attached hydrogens (tertiary/aromatic N) is 3. The molecule has 1 heterocycles. The quantitative estimate of drug-likeness (QED) is 0.530. The molecule has 0 N–H and O–H groups in total. The summed E-state index contributed by atoms with van der Waals surface area (Å²) in [6.45, 7) is 0. The molecule has 0 saturated carbocycles. The molecular weight excluding hydrogens is 342 g/mol. The number of halogens is 4. The largest absolute Gasteiger partial charge is 0.573 e. The van der Waals surface area contributed by atoms with Gasteiger partial charge >= 0.3 is 6.36 Å². The number of carbonyl (C=O) groups excluding carboxylic acids is 1. The summed E-state index contributed by atoms with van der Waals surface area (Å²) in [6.07, 6.45) is -3.03. The number of aromatic nitrogens is 3. The van der Waals surface area contributed by atoms with Crippen LogP contribution in [-0.4, -0.2) is 27.4 Å². The zero-order valence-electron chi connectivity index (χ0n) is 12.4. The Morgan fingerprint density at radius 3 is 2.40 bits per heavy atom. The van der Waals surface area contributed by atoms with Gasteiger partial charge in [0.05, 0.1) is 11.3 Å². The van der Waals surface area contributed by atoms with E-state index in [1.165, 1.54) is 35.3 Å². The highest BCUT2D eigenvalue weighted by molar-refractivity contribution is 5.76. The van der Waals surface area contributed by atoms with E-state index in [0.717, 1.165) is 18.2 Å². The van der Waals surface area contributed by atoms with Crippen LogP contribution in [0.4, 0.5) is 17.6 Å². The second-order valence-electron chi connectivity index (χ2n) is 4.91. The minimum atomic E-state index is -4.76. The third kappa shape index (κ3) is 3.82. The Hall–Kier alpha value is -3.23. The second-order valence-corrected chi connectivity index (χ2v) is 4.91. The van der Waals surface area contributed by atoms with E-state index in [-0.39, 0.29) is 17.1 Å². The molecule has 3 rings (SSSR count). The van der Waals surface area contributed by atoms with Gasteiger partial charge in [0.15, 0.2) is 12.1 Å². The van der Waals surface area contributed by atoms with Crippen molar-refractivity contribution in [1.82, 2.24) is 14.8 Å². The molecule has 2 aromatic carbocycles. The summed E-state index contributed by atoms with van der Waals surface area (Å²) in [5.74, 6) is -0.854. The number of rotatable bonds is 4. The topological polar surface area (TPSA) is 57.0 Å². The number of alkyl halides is 3. The Balaban J connectivity index is 1.84. The van der Waals surface area contributed by atoms with Gasteiger partial charge in [-0.15, -0.1) is 18.3 Å². The van der Waals surface area contributed by atoms with Gasteiger partial charge in [0.25, 0.3) is 0 Å². The van der Waals surface area contributed by atoms with Gasteiger partial charge in [-0.3, -0.25) is 4.79 Å². The fourth-order valence-corrected chi connectivity index (χ4v) is 2.08.